The van der Waals surface area contributed by atoms with Crippen LogP contribution in [0.2, 0.25) is 0 Å². The van der Waals surface area contributed by atoms with Gasteiger partial charge in [-0.25, -0.2) is 0 Å². The van der Waals surface area contributed by atoms with Gasteiger partial charge in [0.2, 0.25) is 0 Å². The normalized spacial score (nSPS) is 12.6. The summed E-state index contributed by atoms with van der Waals surface area (Å²) >= 11 is 0. The molecule has 0 saturated carbocycles. The fraction of sp³-hybridized carbons (Fsp3) is 0.875. The molecule has 0 bridgehead atoms. The van der Waals surface area contributed by atoms with Crippen molar-refractivity contribution in [2.75, 3.05) is 13.2 Å². The van der Waals surface area contributed by atoms with E-state index in [-0.39, 0.29) is 12.1 Å². The number of carbonyl (C=O) groups excluding carboxylic acids is 1. The third-order valence-electron chi connectivity index (χ3n) is 1.28. The molecule has 0 aliphatic heterocycles. The highest BCUT2D eigenvalue weighted by Gasteiger charge is 2.00. The summed E-state index contributed by atoms with van der Waals surface area (Å²) in [6.45, 7) is 6.48. The summed E-state index contributed by atoms with van der Waals surface area (Å²) in [4.78, 5) is 10.3. The summed E-state index contributed by atoms with van der Waals surface area (Å²) < 4.78 is 9.97. The van der Waals surface area contributed by atoms with E-state index in [1.807, 2.05) is 13.8 Å². The van der Waals surface area contributed by atoms with Gasteiger partial charge in [0.1, 0.15) is 0 Å². The lowest BCUT2D eigenvalue weighted by Gasteiger charge is -2.10. The van der Waals surface area contributed by atoms with E-state index in [0.717, 1.165) is 6.42 Å². The average molecular weight is 160 g/mol. The molecule has 0 saturated heterocycles. The average Bonchev–Trinajstić information content (AvgIpc) is 1.87. The van der Waals surface area contributed by atoms with E-state index < -0.39 is 0 Å². The minimum Gasteiger partial charge on any atom is -0.466 e. The summed E-state index contributed by atoms with van der Waals surface area (Å²) in [5.74, 6) is -0.228. The summed E-state index contributed by atoms with van der Waals surface area (Å²) in [6.07, 6.45) is 0.951. The summed E-state index contributed by atoms with van der Waals surface area (Å²) in [5, 5.41) is 0. The Kier molecular flexibility index (Phi) is 5.84. The van der Waals surface area contributed by atoms with Crippen molar-refractivity contribution in [3.63, 3.8) is 0 Å². The Morgan fingerprint density at radius 1 is 1.55 bits per heavy atom. The number of esters is 1. The zero-order chi connectivity index (χ0) is 8.69. The molecule has 11 heavy (non-hydrogen) atoms. The Morgan fingerprint density at radius 3 is 2.64 bits per heavy atom. The topological polar surface area (TPSA) is 35.5 Å². The molecule has 0 aliphatic rings. The molecule has 0 amide bonds. The van der Waals surface area contributed by atoms with Crippen LogP contribution in [0.5, 0.6) is 0 Å². The Bertz CT molecular complexity index is 112. The highest BCUT2D eigenvalue weighted by molar-refractivity contribution is 5.65. The van der Waals surface area contributed by atoms with E-state index in [1.165, 1.54) is 6.92 Å². The molecule has 0 N–H and O–H groups in total. The van der Waals surface area contributed by atoms with Gasteiger partial charge < -0.3 is 9.47 Å². The van der Waals surface area contributed by atoms with E-state index in [9.17, 15) is 4.79 Å². The van der Waals surface area contributed by atoms with Gasteiger partial charge in [0, 0.05) is 20.0 Å². The van der Waals surface area contributed by atoms with Crippen LogP contribution in [0.1, 0.15) is 27.2 Å². The van der Waals surface area contributed by atoms with E-state index in [1.54, 1.807) is 0 Å². The van der Waals surface area contributed by atoms with Crippen LogP contribution in [-0.2, 0) is 14.3 Å². The zero-order valence-corrected chi connectivity index (χ0v) is 7.42. The Hall–Kier alpha value is -0.570. The molecule has 0 fully saturated rings. The second kappa shape index (κ2) is 6.16. The maximum Gasteiger partial charge on any atom is 0.302 e. The third-order valence-corrected chi connectivity index (χ3v) is 1.28. The van der Waals surface area contributed by atoms with E-state index in [4.69, 9.17) is 9.47 Å². The molecular formula is C8H16O3. The molecule has 0 spiro atoms. The van der Waals surface area contributed by atoms with Crippen LogP contribution in [0.4, 0.5) is 0 Å². The third kappa shape index (κ3) is 7.33. The number of hydrogen-bond donors (Lipinski definition) is 0. The molecule has 3 heteroatoms. The molecule has 1 atom stereocenters. The molecule has 0 heterocycles. The first-order valence-electron chi connectivity index (χ1n) is 3.91. The fourth-order valence-corrected chi connectivity index (χ4v) is 0.736. The van der Waals surface area contributed by atoms with Crippen LogP contribution in [0.15, 0.2) is 0 Å². The van der Waals surface area contributed by atoms with Crippen LogP contribution in [0.3, 0.4) is 0 Å². The maximum atomic E-state index is 10.3. The van der Waals surface area contributed by atoms with Gasteiger partial charge in [0.25, 0.3) is 0 Å². The van der Waals surface area contributed by atoms with Crippen LogP contribution in [0, 0.1) is 0 Å². The first-order valence-corrected chi connectivity index (χ1v) is 3.91. The van der Waals surface area contributed by atoms with E-state index >= 15 is 0 Å². The van der Waals surface area contributed by atoms with Gasteiger partial charge in [-0.05, 0) is 13.8 Å². The summed E-state index contributed by atoms with van der Waals surface area (Å²) in [7, 11) is 0. The van der Waals surface area contributed by atoms with Crippen LogP contribution in [0.25, 0.3) is 0 Å². The Balaban J connectivity index is 3.16. The van der Waals surface area contributed by atoms with Gasteiger partial charge in [0.15, 0.2) is 0 Å². The lowest BCUT2D eigenvalue weighted by atomic mass is 10.3. The quantitative estimate of drug-likeness (QED) is 0.570. The molecular weight excluding hydrogens is 144 g/mol. The first kappa shape index (κ1) is 10.4. The van der Waals surface area contributed by atoms with Crippen molar-refractivity contribution in [1.82, 2.24) is 0 Å². The lowest BCUT2D eigenvalue weighted by molar-refractivity contribution is -0.141. The van der Waals surface area contributed by atoms with Gasteiger partial charge in [-0.3, -0.25) is 4.79 Å². The monoisotopic (exact) mass is 160 g/mol. The van der Waals surface area contributed by atoms with Crippen molar-refractivity contribution in [3.8, 4) is 0 Å². The van der Waals surface area contributed by atoms with Gasteiger partial charge in [0.05, 0.1) is 12.7 Å². The van der Waals surface area contributed by atoms with Crippen LogP contribution >= 0.6 is 0 Å². The molecule has 1 unspecified atom stereocenters. The Labute approximate surface area is 67.7 Å². The highest BCUT2D eigenvalue weighted by Crippen LogP contribution is 1.96. The van der Waals surface area contributed by atoms with Crippen molar-refractivity contribution < 1.29 is 14.3 Å². The van der Waals surface area contributed by atoms with Gasteiger partial charge in [-0.2, -0.15) is 0 Å². The summed E-state index contributed by atoms with van der Waals surface area (Å²) in [5.41, 5.74) is 0. The smallest absolute Gasteiger partial charge is 0.302 e. The molecule has 0 aromatic carbocycles. The van der Waals surface area contributed by atoms with Crippen molar-refractivity contribution in [2.45, 2.75) is 33.3 Å². The van der Waals surface area contributed by atoms with E-state index in [0.29, 0.717) is 13.2 Å². The minimum atomic E-state index is -0.228. The molecule has 0 aliphatic carbocycles. The largest absolute Gasteiger partial charge is 0.466 e. The fourth-order valence-electron chi connectivity index (χ4n) is 0.736. The SMILES string of the molecule is CCOC(C)CCOC(C)=O. The molecule has 0 aromatic rings. The second-order valence-electron chi connectivity index (χ2n) is 2.39. The van der Waals surface area contributed by atoms with Crippen molar-refractivity contribution >= 4 is 5.97 Å². The lowest BCUT2D eigenvalue weighted by Crippen LogP contribution is -2.12. The number of carbonyl (C=O) groups is 1. The molecule has 0 aromatic heterocycles. The molecule has 66 valence electrons. The zero-order valence-electron chi connectivity index (χ0n) is 7.42. The van der Waals surface area contributed by atoms with Crippen LogP contribution in [-0.4, -0.2) is 25.3 Å². The predicted molar refractivity (Wildman–Crippen MR) is 42.3 cm³/mol. The predicted octanol–water partition coefficient (Wildman–Crippen LogP) is 1.36. The van der Waals surface area contributed by atoms with Crippen molar-refractivity contribution in [3.05, 3.63) is 0 Å². The number of ether oxygens (including phenoxy) is 2. The molecule has 0 radical (unpaired) electrons. The minimum absolute atomic E-state index is 0.180. The van der Waals surface area contributed by atoms with E-state index in [2.05, 4.69) is 0 Å². The van der Waals surface area contributed by atoms with Crippen molar-refractivity contribution in [2.24, 2.45) is 0 Å². The highest BCUT2D eigenvalue weighted by atomic mass is 16.5. The summed E-state index contributed by atoms with van der Waals surface area (Å²) in [6, 6.07) is 0. The number of hydrogen-bond acceptors (Lipinski definition) is 3. The van der Waals surface area contributed by atoms with Gasteiger partial charge >= 0.3 is 5.97 Å². The van der Waals surface area contributed by atoms with Gasteiger partial charge in [-0.1, -0.05) is 0 Å². The number of rotatable bonds is 5. The van der Waals surface area contributed by atoms with Crippen LogP contribution < -0.4 is 0 Å². The maximum absolute atomic E-state index is 10.3. The molecule has 3 nitrogen and oxygen atoms in total. The van der Waals surface area contributed by atoms with Crippen molar-refractivity contribution in [1.29, 1.82) is 0 Å². The molecule has 0 rings (SSSR count). The van der Waals surface area contributed by atoms with Gasteiger partial charge in [-0.15, -0.1) is 0 Å². The standard InChI is InChI=1S/C8H16O3/c1-4-10-7(2)5-6-11-8(3)9/h7H,4-6H2,1-3H3. The Morgan fingerprint density at radius 2 is 2.18 bits per heavy atom. The second-order valence-corrected chi connectivity index (χ2v) is 2.39. The first-order chi connectivity index (χ1) is 5.16.